The number of aryl methyl sites for hydroxylation is 2. The molecule has 1 aromatic carbocycles. The lowest BCUT2D eigenvalue weighted by atomic mass is 10.0. The van der Waals surface area contributed by atoms with Crippen molar-refractivity contribution in [1.29, 1.82) is 0 Å². The average molecular weight is 260 g/mol. The smallest absolute Gasteiger partial charge is 0.241 e. The van der Waals surface area contributed by atoms with E-state index >= 15 is 0 Å². The molecule has 1 amide bonds. The summed E-state index contributed by atoms with van der Waals surface area (Å²) in [5.41, 5.74) is 3.71. The highest BCUT2D eigenvalue weighted by Crippen LogP contribution is 2.28. The lowest BCUT2D eigenvalue weighted by Gasteiger charge is -2.21. The Bertz CT molecular complexity index is 470. The van der Waals surface area contributed by atoms with Crippen molar-refractivity contribution in [3.63, 3.8) is 0 Å². The number of nitrogens with one attached hydrogen (secondary N) is 1. The molecule has 3 heteroatoms. The maximum Gasteiger partial charge on any atom is 0.241 e. The van der Waals surface area contributed by atoms with Crippen molar-refractivity contribution in [3.8, 4) is 0 Å². The minimum atomic E-state index is -0.0179. The first-order chi connectivity index (χ1) is 9.04. The van der Waals surface area contributed by atoms with Gasteiger partial charge in [0.1, 0.15) is 6.17 Å². The molecule has 1 aromatic rings. The maximum absolute atomic E-state index is 12.2. The number of amides is 1. The van der Waals surface area contributed by atoms with Crippen LogP contribution in [0.1, 0.15) is 49.0 Å². The van der Waals surface area contributed by atoms with Crippen LogP contribution in [0.2, 0.25) is 0 Å². The SMILES string of the molecule is CCCCC1NC(c2ccc(C)cc2C)N(C)C1=O. The van der Waals surface area contributed by atoms with Gasteiger partial charge in [0, 0.05) is 7.05 Å². The molecule has 0 aromatic heterocycles. The van der Waals surface area contributed by atoms with Gasteiger partial charge in [0.2, 0.25) is 5.91 Å². The molecule has 1 saturated heterocycles. The van der Waals surface area contributed by atoms with Gasteiger partial charge in [0.25, 0.3) is 0 Å². The van der Waals surface area contributed by atoms with E-state index in [1.807, 2.05) is 11.9 Å². The first-order valence-corrected chi connectivity index (χ1v) is 7.14. The third kappa shape index (κ3) is 2.81. The fourth-order valence-electron chi connectivity index (χ4n) is 2.79. The van der Waals surface area contributed by atoms with E-state index in [0.717, 1.165) is 19.3 Å². The quantitative estimate of drug-likeness (QED) is 0.902. The van der Waals surface area contributed by atoms with E-state index in [2.05, 4.69) is 44.3 Å². The molecule has 0 spiro atoms. The third-order valence-electron chi connectivity index (χ3n) is 3.96. The Balaban J connectivity index is 2.19. The molecule has 2 atom stereocenters. The predicted molar refractivity (Wildman–Crippen MR) is 77.9 cm³/mol. The number of unbranched alkanes of at least 4 members (excludes halogenated alkanes) is 1. The van der Waals surface area contributed by atoms with Crippen LogP contribution in [0.25, 0.3) is 0 Å². The minimum absolute atomic E-state index is 0.0179. The number of carbonyl (C=O) groups excluding carboxylic acids is 1. The fourth-order valence-corrected chi connectivity index (χ4v) is 2.79. The van der Waals surface area contributed by atoms with Gasteiger partial charge in [0.05, 0.1) is 6.04 Å². The zero-order chi connectivity index (χ0) is 14.0. The molecule has 3 nitrogen and oxygen atoms in total. The average Bonchev–Trinajstić information content (AvgIpc) is 2.64. The third-order valence-corrected chi connectivity index (χ3v) is 3.96. The number of likely N-dealkylation sites (N-methyl/N-ethyl adjacent to an activating group) is 1. The van der Waals surface area contributed by atoms with Crippen molar-refractivity contribution in [2.24, 2.45) is 0 Å². The number of benzene rings is 1. The van der Waals surface area contributed by atoms with Crippen LogP contribution in [-0.2, 0) is 4.79 Å². The number of nitrogens with zero attached hydrogens (tertiary/aromatic N) is 1. The van der Waals surface area contributed by atoms with Gasteiger partial charge in [-0.3, -0.25) is 10.1 Å². The van der Waals surface area contributed by atoms with Crippen LogP contribution in [-0.4, -0.2) is 23.9 Å². The van der Waals surface area contributed by atoms with Crippen LogP contribution < -0.4 is 5.32 Å². The number of carbonyl (C=O) groups is 1. The van der Waals surface area contributed by atoms with Gasteiger partial charge in [0.15, 0.2) is 0 Å². The van der Waals surface area contributed by atoms with Gasteiger partial charge in [-0.2, -0.15) is 0 Å². The predicted octanol–water partition coefficient (Wildman–Crippen LogP) is 2.92. The molecule has 19 heavy (non-hydrogen) atoms. The summed E-state index contributed by atoms with van der Waals surface area (Å²) in [5.74, 6) is 0.221. The molecule has 1 aliphatic rings. The molecule has 104 valence electrons. The normalized spacial score (nSPS) is 23.2. The minimum Gasteiger partial charge on any atom is -0.325 e. The largest absolute Gasteiger partial charge is 0.325 e. The number of hydrogen-bond donors (Lipinski definition) is 1. The highest BCUT2D eigenvalue weighted by molar-refractivity contribution is 5.84. The molecular formula is C16H24N2O. The van der Waals surface area contributed by atoms with E-state index in [0.29, 0.717) is 0 Å². The van der Waals surface area contributed by atoms with Crippen molar-refractivity contribution in [3.05, 3.63) is 34.9 Å². The molecule has 0 saturated carbocycles. The van der Waals surface area contributed by atoms with Crippen LogP contribution in [0.15, 0.2) is 18.2 Å². The van der Waals surface area contributed by atoms with Crippen LogP contribution in [0.3, 0.4) is 0 Å². The zero-order valence-electron chi connectivity index (χ0n) is 12.4. The van der Waals surface area contributed by atoms with E-state index in [1.165, 1.54) is 16.7 Å². The number of hydrogen-bond acceptors (Lipinski definition) is 2. The molecular weight excluding hydrogens is 236 g/mol. The van der Waals surface area contributed by atoms with E-state index < -0.39 is 0 Å². The van der Waals surface area contributed by atoms with E-state index in [-0.39, 0.29) is 18.1 Å². The van der Waals surface area contributed by atoms with Crippen LogP contribution >= 0.6 is 0 Å². The highest BCUT2D eigenvalue weighted by Gasteiger charge is 2.37. The Labute approximate surface area is 116 Å². The summed E-state index contributed by atoms with van der Waals surface area (Å²) in [4.78, 5) is 14.1. The monoisotopic (exact) mass is 260 g/mol. The first kappa shape index (κ1) is 14.1. The highest BCUT2D eigenvalue weighted by atomic mass is 16.2. The van der Waals surface area contributed by atoms with Gasteiger partial charge in [-0.1, -0.05) is 43.5 Å². The molecule has 1 fully saturated rings. The summed E-state index contributed by atoms with van der Waals surface area (Å²) < 4.78 is 0. The standard InChI is InChI=1S/C16H24N2O/c1-5-6-7-14-16(19)18(4)15(17-14)13-9-8-11(2)10-12(13)3/h8-10,14-15,17H,5-7H2,1-4H3. The Morgan fingerprint density at radius 1 is 1.32 bits per heavy atom. The molecule has 2 rings (SSSR count). The summed E-state index contributed by atoms with van der Waals surface area (Å²) in [5, 5.41) is 3.48. The number of rotatable bonds is 4. The van der Waals surface area contributed by atoms with Crippen molar-refractivity contribution >= 4 is 5.91 Å². The van der Waals surface area contributed by atoms with Gasteiger partial charge in [-0.15, -0.1) is 0 Å². The van der Waals surface area contributed by atoms with E-state index in [1.54, 1.807) is 0 Å². The summed E-state index contributed by atoms with van der Waals surface area (Å²) in [7, 11) is 1.89. The molecule has 1 aliphatic heterocycles. The Morgan fingerprint density at radius 3 is 2.68 bits per heavy atom. The van der Waals surface area contributed by atoms with Crippen LogP contribution in [0, 0.1) is 13.8 Å². The van der Waals surface area contributed by atoms with E-state index in [9.17, 15) is 4.79 Å². The van der Waals surface area contributed by atoms with Crippen LogP contribution in [0.4, 0.5) is 0 Å². The second-order valence-corrected chi connectivity index (χ2v) is 5.57. The van der Waals surface area contributed by atoms with Gasteiger partial charge < -0.3 is 4.90 Å². The van der Waals surface area contributed by atoms with Crippen molar-refractivity contribution in [2.75, 3.05) is 7.05 Å². The Hall–Kier alpha value is -1.35. The Morgan fingerprint density at radius 2 is 2.05 bits per heavy atom. The second-order valence-electron chi connectivity index (χ2n) is 5.57. The first-order valence-electron chi connectivity index (χ1n) is 7.14. The van der Waals surface area contributed by atoms with Crippen molar-refractivity contribution in [1.82, 2.24) is 10.2 Å². The van der Waals surface area contributed by atoms with Gasteiger partial charge in [-0.05, 0) is 31.4 Å². The molecule has 2 unspecified atom stereocenters. The topological polar surface area (TPSA) is 32.3 Å². The summed E-state index contributed by atoms with van der Waals surface area (Å²) in [6.07, 6.45) is 3.18. The summed E-state index contributed by atoms with van der Waals surface area (Å²) in [6, 6.07) is 6.40. The fraction of sp³-hybridized carbons (Fsp3) is 0.562. The van der Waals surface area contributed by atoms with Crippen molar-refractivity contribution in [2.45, 2.75) is 52.2 Å². The second kappa shape index (κ2) is 5.74. The zero-order valence-corrected chi connectivity index (χ0v) is 12.4. The van der Waals surface area contributed by atoms with Crippen molar-refractivity contribution < 1.29 is 4.79 Å². The maximum atomic E-state index is 12.2. The lowest BCUT2D eigenvalue weighted by Crippen LogP contribution is -2.28. The molecule has 0 radical (unpaired) electrons. The lowest BCUT2D eigenvalue weighted by molar-refractivity contribution is -0.128. The Kier molecular flexibility index (Phi) is 4.25. The van der Waals surface area contributed by atoms with Gasteiger partial charge in [-0.25, -0.2) is 0 Å². The molecule has 1 heterocycles. The summed E-state index contributed by atoms with van der Waals surface area (Å²) in [6.45, 7) is 6.37. The summed E-state index contributed by atoms with van der Waals surface area (Å²) >= 11 is 0. The van der Waals surface area contributed by atoms with E-state index in [4.69, 9.17) is 0 Å². The molecule has 0 aliphatic carbocycles. The molecule has 0 bridgehead atoms. The molecule has 1 N–H and O–H groups in total. The van der Waals surface area contributed by atoms with Gasteiger partial charge >= 0.3 is 0 Å². The van der Waals surface area contributed by atoms with Crippen LogP contribution in [0.5, 0.6) is 0 Å².